The van der Waals surface area contributed by atoms with E-state index in [1.807, 2.05) is 30.3 Å². The van der Waals surface area contributed by atoms with Crippen molar-refractivity contribution in [2.24, 2.45) is 0 Å². The fourth-order valence-corrected chi connectivity index (χ4v) is 3.41. The quantitative estimate of drug-likeness (QED) is 0.573. The van der Waals surface area contributed by atoms with Crippen LogP contribution in [0.4, 0.5) is 16.2 Å². The van der Waals surface area contributed by atoms with E-state index in [0.29, 0.717) is 23.6 Å². The number of nitrogens with zero attached hydrogens (tertiary/aromatic N) is 1. The van der Waals surface area contributed by atoms with Gasteiger partial charge < -0.3 is 20.4 Å². The number of fused-ring (bicyclic) bond motifs is 1. The number of benzene rings is 2. The Balaban J connectivity index is 1.51. The van der Waals surface area contributed by atoms with Gasteiger partial charge in [0.1, 0.15) is 18.3 Å². The molecule has 1 aliphatic heterocycles. The minimum absolute atomic E-state index is 0.130. The third-order valence-electron chi connectivity index (χ3n) is 4.93. The second-order valence-corrected chi connectivity index (χ2v) is 7.14. The van der Waals surface area contributed by atoms with Crippen LogP contribution in [0.3, 0.4) is 0 Å². The van der Waals surface area contributed by atoms with E-state index < -0.39 is 12.1 Å². The first kappa shape index (κ1) is 20.2. The number of nitrogens with one attached hydrogen (secondary N) is 3. The Labute approximate surface area is 179 Å². The number of furan rings is 1. The molecule has 158 valence electrons. The normalized spacial score (nSPS) is 13.7. The average molecular weight is 418 g/mol. The van der Waals surface area contributed by atoms with Crippen LogP contribution in [0.25, 0.3) is 0 Å². The van der Waals surface area contributed by atoms with Crippen molar-refractivity contribution in [2.45, 2.75) is 19.0 Å². The van der Waals surface area contributed by atoms with Gasteiger partial charge in [0.25, 0.3) is 0 Å². The zero-order valence-corrected chi connectivity index (χ0v) is 16.7. The first-order chi connectivity index (χ1) is 15.1. The number of hydrogen-bond donors (Lipinski definition) is 3. The van der Waals surface area contributed by atoms with Crippen molar-refractivity contribution < 1.29 is 18.8 Å². The van der Waals surface area contributed by atoms with Crippen molar-refractivity contribution in [3.63, 3.8) is 0 Å². The van der Waals surface area contributed by atoms with Crippen molar-refractivity contribution >= 4 is 29.2 Å². The molecule has 8 heteroatoms. The molecule has 3 N–H and O–H groups in total. The molecule has 1 aliphatic rings. The summed E-state index contributed by atoms with van der Waals surface area (Å²) in [5, 5.41) is 8.33. The molecule has 1 aromatic heterocycles. The van der Waals surface area contributed by atoms with E-state index in [2.05, 4.69) is 16.0 Å². The summed E-state index contributed by atoms with van der Waals surface area (Å²) < 4.78 is 5.25. The van der Waals surface area contributed by atoms with Gasteiger partial charge in [-0.3, -0.25) is 14.5 Å². The van der Waals surface area contributed by atoms with E-state index in [1.165, 1.54) is 11.2 Å². The molecule has 0 aliphatic carbocycles. The van der Waals surface area contributed by atoms with E-state index in [9.17, 15) is 14.4 Å². The molecule has 2 aromatic carbocycles. The summed E-state index contributed by atoms with van der Waals surface area (Å²) in [5.41, 5.74) is 2.03. The molecular weight excluding hydrogens is 396 g/mol. The Morgan fingerprint density at radius 2 is 1.81 bits per heavy atom. The number of carbonyl (C=O) groups excluding carboxylic acids is 3. The number of hydrogen-bond acceptors (Lipinski definition) is 4. The molecule has 4 rings (SSSR count). The number of amides is 4. The van der Waals surface area contributed by atoms with Crippen LogP contribution in [-0.4, -0.2) is 30.4 Å². The standard InChI is InChI=1S/C23H22N4O4/c28-21-15-27(20-11-5-4-10-18(20)25-21)23(30)26-19(13-16-7-2-1-3-8-16)22(29)24-14-17-9-6-12-31-17/h1-12,19H,13-15H2,(H,24,29)(H,25,28)(H,26,30). The Morgan fingerprint density at radius 3 is 2.58 bits per heavy atom. The molecule has 1 unspecified atom stereocenters. The molecular formula is C23H22N4O4. The lowest BCUT2D eigenvalue weighted by atomic mass is 10.1. The van der Waals surface area contributed by atoms with Gasteiger partial charge in [-0.1, -0.05) is 42.5 Å². The monoisotopic (exact) mass is 418 g/mol. The molecule has 4 amide bonds. The maximum Gasteiger partial charge on any atom is 0.323 e. The zero-order valence-electron chi connectivity index (χ0n) is 16.7. The van der Waals surface area contributed by atoms with Gasteiger partial charge in [0.05, 0.1) is 24.2 Å². The van der Waals surface area contributed by atoms with Gasteiger partial charge in [-0.15, -0.1) is 0 Å². The van der Waals surface area contributed by atoms with Gasteiger partial charge >= 0.3 is 6.03 Å². The minimum atomic E-state index is -0.831. The Kier molecular flexibility index (Phi) is 5.98. The molecule has 1 atom stereocenters. The van der Waals surface area contributed by atoms with Crippen LogP contribution in [0.1, 0.15) is 11.3 Å². The second kappa shape index (κ2) is 9.17. The summed E-state index contributed by atoms with van der Waals surface area (Å²) in [6.07, 6.45) is 1.84. The largest absolute Gasteiger partial charge is 0.467 e. The van der Waals surface area contributed by atoms with E-state index in [1.54, 1.807) is 36.4 Å². The first-order valence-corrected chi connectivity index (χ1v) is 9.91. The summed E-state index contributed by atoms with van der Waals surface area (Å²) >= 11 is 0. The summed E-state index contributed by atoms with van der Waals surface area (Å²) in [4.78, 5) is 39.4. The summed E-state index contributed by atoms with van der Waals surface area (Å²) in [6, 6.07) is 18.6. The highest BCUT2D eigenvalue weighted by molar-refractivity contribution is 6.10. The van der Waals surface area contributed by atoms with E-state index in [4.69, 9.17) is 4.42 Å². The van der Waals surface area contributed by atoms with Crippen molar-refractivity contribution in [3.8, 4) is 0 Å². The number of urea groups is 1. The predicted octanol–water partition coefficient (Wildman–Crippen LogP) is 2.68. The Morgan fingerprint density at radius 1 is 1.03 bits per heavy atom. The van der Waals surface area contributed by atoms with Gasteiger partial charge in [-0.05, 0) is 29.8 Å². The Hall–Kier alpha value is -4.07. The van der Waals surface area contributed by atoms with Crippen molar-refractivity contribution in [1.82, 2.24) is 10.6 Å². The third kappa shape index (κ3) is 4.92. The van der Waals surface area contributed by atoms with Crippen LogP contribution in [-0.2, 0) is 22.6 Å². The molecule has 0 radical (unpaired) electrons. The van der Waals surface area contributed by atoms with Crippen LogP contribution in [0, 0.1) is 0 Å². The van der Waals surface area contributed by atoms with Crippen molar-refractivity contribution in [2.75, 3.05) is 16.8 Å². The highest BCUT2D eigenvalue weighted by Crippen LogP contribution is 2.28. The van der Waals surface area contributed by atoms with Crippen molar-refractivity contribution in [1.29, 1.82) is 0 Å². The predicted molar refractivity (Wildman–Crippen MR) is 115 cm³/mol. The molecule has 0 fully saturated rings. The lowest BCUT2D eigenvalue weighted by molar-refractivity contribution is -0.123. The SMILES string of the molecule is O=C1CN(C(=O)NC(Cc2ccccc2)C(=O)NCc2ccco2)c2ccccc2N1. The molecule has 3 aromatic rings. The zero-order chi connectivity index (χ0) is 21.6. The van der Waals surface area contributed by atoms with Crippen LogP contribution in [0.2, 0.25) is 0 Å². The highest BCUT2D eigenvalue weighted by atomic mass is 16.3. The first-order valence-electron chi connectivity index (χ1n) is 9.91. The highest BCUT2D eigenvalue weighted by Gasteiger charge is 2.30. The lowest BCUT2D eigenvalue weighted by Crippen LogP contribution is -2.54. The number of rotatable bonds is 6. The topological polar surface area (TPSA) is 104 Å². The summed E-state index contributed by atoms with van der Waals surface area (Å²) in [7, 11) is 0. The molecule has 0 spiro atoms. The molecule has 0 saturated carbocycles. The maximum atomic E-state index is 13.1. The van der Waals surface area contributed by atoms with Gasteiger partial charge in [-0.25, -0.2) is 4.79 Å². The number of para-hydroxylation sites is 2. The van der Waals surface area contributed by atoms with Gasteiger partial charge in [0.2, 0.25) is 11.8 Å². The summed E-state index contributed by atoms with van der Waals surface area (Å²) in [6.45, 7) is 0.0802. The second-order valence-electron chi connectivity index (χ2n) is 7.14. The van der Waals surface area contributed by atoms with Crippen LogP contribution in [0.15, 0.2) is 77.4 Å². The van der Waals surface area contributed by atoms with Gasteiger partial charge in [0.15, 0.2) is 0 Å². The van der Waals surface area contributed by atoms with Gasteiger partial charge in [0, 0.05) is 6.42 Å². The van der Waals surface area contributed by atoms with E-state index in [-0.39, 0.29) is 24.9 Å². The fourth-order valence-electron chi connectivity index (χ4n) is 3.41. The molecule has 2 heterocycles. The molecule has 8 nitrogen and oxygen atoms in total. The van der Waals surface area contributed by atoms with E-state index >= 15 is 0 Å². The fraction of sp³-hybridized carbons (Fsp3) is 0.174. The summed E-state index contributed by atoms with van der Waals surface area (Å²) in [5.74, 6) is -0.0288. The maximum absolute atomic E-state index is 13.1. The average Bonchev–Trinajstić information content (AvgIpc) is 3.31. The molecule has 31 heavy (non-hydrogen) atoms. The lowest BCUT2D eigenvalue weighted by Gasteiger charge is -2.30. The van der Waals surface area contributed by atoms with Crippen molar-refractivity contribution in [3.05, 3.63) is 84.3 Å². The smallest absolute Gasteiger partial charge is 0.323 e. The van der Waals surface area contributed by atoms with Crippen LogP contribution < -0.4 is 20.9 Å². The molecule has 0 bridgehead atoms. The van der Waals surface area contributed by atoms with E-state index in [0.717, 1.165) is 5.56 Å². The third-order valence-corrected chi connectivity index (χ3v) is 4.93. The molecule has 0 saturated heterocycles. The minimum Gasteiger partial charge on any atom is -0.467 e. The van der Waals surface area contributed by atoms with Crippen LogP contribution in [0.5, 0.6) is 0 Å². The number of anilines is 2. The Bertz CT molecular complexity index is 1070. The number of carbonyl (C=O) groups is 3. The van der Waals surface area contributed by atoms with Gasteiger partial charge in [-0.2, -0.15) is 0 Å². The van der Waals surface area contributed by atoms with Crippen LogP contribution >= 0.6 is 0 Å².